The number of hydrogen-bond donors (Lipinski definition) is 1. The van der Waals surface area contributed by atoms with E-state index in [2.05, 4.69) is 62.5 Å². The van der Waals surface area contributed by atoms with Crippen molar-refractivity contribution in [1.29, 1.82) is 0 Å². The Morgan fingerprint density at radius 1 is 0.432 bits per heavy atom. The highest BCUT2D eigenvalue weighted by Gasteiger charge is 2.27. The summed E-state index contributed by atoms with van der Waals surface area (Å²) in [6.07, 6.45) is 76.6. The zero-order valence-electron chi connectivity index (χ0n) is 54.5. The highest BCUT2D eigenvalue weighted by Crippen LogP contribution is 2.38. The standard InChI is InChI=1S/C71H135N2O7P/c1-7-10-13-16-19-22-25-27-29-31-33-34-35-36-37-38-40-42-44-46-49-52-55-58-61-64-71(75)80-69(62-59-56-53-50-47-24-21-18-15-12-9-3)68(67-79-81(76,77)78-66-65-73(4,5)6)72-70(74)63-60-57-54-51-48-45-43-41-39-32-30-28-26-23-20-17-14-11-8-2/h20,23,27-30,59,62,68-69H,7-19,21-22,24-26,31-58,60-61,63-67H2,1-6H3,(H-,72,74,76,77)/b23-20-,29-27+,30-28-,62-59-. The van der Waals surface area contributed by atoms with Gasteiger partial charge in [0.2, 0.25) is 5.91 Å². The van der Waals surface area contributed by atoms with E-state index in [0.717, 1.165) is 77.0 Å². The molecule has 3 atom stereocenters. The molecule has 0 fully saturated rings. The minimum atomic E-state index is -4.70. The molecule has 0 rings (SSSR count). The summed E-state index contributed by atoms with van der Waals surface area (Å²) in [7, 11) is 1.19. The molecular formula is C71H135N2O7P. The number of hydrogen-bond acceptors (Lipinski definition) is 7. The van der Waals surface area contributed by atoms with Gasteiger partial charge in [0.15, 0.2) is 0 Å². The van der Waals surface area contributed by atoms with Crippen molar-refractivity contribution >= 4 is 19.7 Å². The van der Waals surface area contributed by atoms with Gasteiger partial charge in [-0.2, -0.15) is 0 Å². The fourth-order valence-electron chi connectivity index (χ4n) is 10.3. The highest BCUT2D eigenvalue weighted by molar-refractivity contribution is 7.45. The van der Waals surface area contributed by atoms with Crippen molar-refractivity contribution in [2.75, 3.05) is 40.9 Å². The second-order valence-corrected chi connectivity index (χ2v) is 26.4. The summed E-state index contributed by atoms with van der Waals surface area (Å²) in [6.45, 7) is 6.85. The van der Waals surface area contributed by atoms with Crippen molar-refractivity contribution in [3.63, 3.8) is 0 Å². The number of amides is 1. The summed E-state index contributed by atoms with van der Waals surface area (Å²) >= 11 is 0. The number of esters is 1. The van der Waals surface area contributed by atoms with Gasteiger partial charge in [-0.15, -0.1) is 0 Å². The van der Waals surface area contributed by atoms with Crippen LogP contribution in [0.3, 0.4) is 0 Å². The maximum Gasteiger partial charge on any atom is 0.306 e. The lowest BCUT2D eigenvalue weighted by Crippen LogP contribution is -2.47. The molecule has 0 aromatic rings. The van der Waals surface area contributed by atoms with Crippen LogP contribution >= 0.6 is 7.82 Å². The minimum absolute atomic E-state index is 0.0220. The number of quaternary nitrogens is 1. The van der Waals surface area contributed by atoms with Crippen molar-refractivity contribution in [3.8, 4) is 0 Å². The number of ether oxygens (including phenoxy) is 1. The van der Waals surface area contributed by atoms with E-state index < -0.39 is 20.0 Å². The van der Waals surface area contributed by atoms with Crippen LogP contribution in [0.2, 0.25) is 0 Å². The average molecular weight is 1160 g/mol. The van der Waals surface area contributed by atoms with Crippen molar-refractivity contribution in [2.45, 2.75) is 354 Å². The summed E-state index contributed by atoms with van der Waals surface area (Å²) in [5.74, 6) is -0.532. The number of nitrogens with zero attached hydrogens (tertiary/aromatic N) is 1. The Kier molecular flexibility index (Phi) is 59.5. The number of phosphoric ester groups is 1. The van der Waals surface area contributed by atoms with Crippen LogP contribution in [0.1, 0.15) is 342 Å². The molecule has 3 unspecified atom stereocenters. The second-order valence-electron chi connectivity index (χ2n) is 25.0. The van der Waals surface area contributed by atoms with Crippen LogP contribution in [0.4, 0.5) is 0 Å². The number of likely N-dealkylation sites (N-methyl/N-ethyl adjacent to an activating group) is 1. The van der Waals surface area contributed by atoms with E-state index in [0.29, 0.717) is 17.4 Å². The van der Waals surface area contributed by atoms with Gasteiger partial charge in [0.25, 0.3) is 7.82 Å². The lowest BCUT2D eigenvalue weighted by Gasteiger charge is -2.30. The molecule has 0 aromatic carbocycles. The monoisotopic (exact) mass is 1160 g/mol. The Morgan fingerprint density at radius 2 is 0.753 bits per heavy atom. The van der Waals surface area contributed by atoms with Crippen LogP contribution in [-0.2, 0) is 27.9 Å². The van der Waals surface area contributed by atoms with E-state index >= 15 is 0 Å². The summed E-state index contributed by atoms with van der Waals surface area (Å²) in [6, 6.07) is -0.889. The lowest BCUT2D eigenvalue weighted by atomic mass is 10.0. The Bertz CT molecular complexity index is 1520. The number of unbranched alkanes of at least 4 members (excludes halogenated alkanes) is 42. The van der Waals surface area contributed by atoms with Crippen LogP contribution in [0.25, 0.3) is 0 Å². The normalized spacial score (nSPS) is 13.8. The topological polar surface area (TPSA) is 114 Å². The Labute approximate surface area is 503 Å². The van der Waals surface area contributed by atoms with Gasteiger partial charge in [-0.05, 0) is 89.5 Å². The third kappa shape index (κ3) is 62.3. The molecule has 1 amide bonds. The lowest BCUT2D eigenvalue weighted by molar-refractivity contribution is -0.870. The fourth-order valence-corrected chi connectivity index (χ4v) is 11.0. The number of allylic oxidation sites excluding steroid dienone is 7. The molecule has 0 radical (unpaired) electrons. The van der Waals surface area contributed by atoms with Gasteiger partial charge in [-0.1, -0.05) is 288 Å². The van der Waals surface area contributed by atoms with E-state index in [1.54, 1.807) is 0 Å². The zero-order chi connectivity index (χ0) is 59.3. The Morgan fingerprint density at radius 3 is 1.15 bits per heavy atom. The summed E-state index contributed by atoms with van der Waals surface area (Å²) in [5, 5.41) is 3.04. The van der Waals surface area contributed by atoms with Crippen LogP contribution in [0, 0.1) is 0 Å². The van der Waals surface area contributed by atoms with Gasteiger partial charge in [-0.25, -0.2) is 0 Å². The SMILES string of the molecule is CCCCC/C=C\C/C=C\CCCCCCCCCCCC(=O)NC(COP(=O)([O-])OCC[N+](C)(C)C)C(/C=C\CCCCCCCCCCC)OC(=O)CCCCCCCCCCCCCCCCC/C=C/CCCCCCCC. The van der Waals surface area contributed by atoms with Gasteiger partial charge in [0.05, 0.1) is 33.8 Å². The molecule has 0 spiro atoms. The maximum absolute atomic E-state index is 13.6. The number of carbonyl (C=O) groups excluding carboxylic acids is 2. The van der Waals surface area contributed by atoms with Gasteiger partial charge in [0, 0.05) is 12.8 Å². The summed E-state index contributed by atoms with van der Waals surface area (Å²) < 4.78 is 30.4. The van der Waals surface area contributed by atoms with E-state index in [-0.39, 0.29) is 31.5 Å². The van der Waals surface area contributed by atoms with E-state index in [9.17, 15) is 19.0 Å². The predicted molar refractivity (Wildman–Crippen MR) is 349 cm³/mol. The minimum Gasteiger partial charge on any atom is -0.756 e. The van der Waals surface area contributed by atoms with Crippen LogP contribution < -0.4 is 10.2 Å². The van der Waals surface area contributed by atoms with Crippen molar-refractivity contribution in [3.05, 3.63) is 48.6 Å². The third-order valence-electron chi connectivity index (χ3n) is 15.7. The van der Waals surface area contributed by atoms with Crippen LogP contribution in [-0.4, -0.2) is 69.4 Å². The molecule has 476 valence electrons. The molecule has 0 saturated carbocycles. The molecular weight excluding hydrogens is 1020 g/mol. The Balaban J connectivity index is 5.01. The quantitative estimate of drug-likeness (QED) is 0.0212. The summed E-state index contributed by atoms with van der Waals surface area (Å²) in [4.78, 5) is 40.1. The smallest absolute Gasteiger partial charge is 0.306 e. The van der Waals surface area contributed by atoms with E-state index in [1.165, 1.54) is 231 Å². The molecule has 0 aliphatic rings. The van der Waals surface area contributed by atoms with Gasteiger partial charge in [0.1, 0.15) is 19.3 Å². The number of nitrogens with one attached hydrogen (secondary N) is 1. The van der Waals surface area contributed by atoms with E-state index in [1.807, 2.05) is 33.3 Å². The summed E-state index contributed by atoms with van der Waals surface area (Å²) in [5.41, 5.74) is 0. The average Bonchev–Trinajstić information content (AvgIpc) is 3.43. The number of carbonyl (C=O) groups is 2. The number of rotatable bonds is 64. The second kappa shape index (κ2) is 61.1. The number of phosphoric acid groups is 1. The molecule has 10 heteroatoms. The first-order valence-corrected chi connectivity index (χ1v) is 36.4. The van der Waals surface area contributed by atoms with Crippen molar-refractivity contribution < 1.29 is 37.3 Å². The fraction of sp³-hybridized carbons (Fsp3) is 0.859. The highest BCUT2D eigenvalue weighted by atomic mass is 31.2. The van der Waals surface area contributed by atoms with Crippen molar-refractivity contribution in [2.24, 2.45) is 0 Å². The maximum atomic E-state index is 13.6. The molecule has 0 aromatic heterocycles. The first kappa shape index (κ1) is 79.0. The molecule has 9 nitrogen and oxygen atoms in total. The molecule has 0 heterocycles. The third-order valence-corrected chi connectivity index (χ3v) is 16.7. The molecule has 81 heavy (non-hydrogen) atoms. The first-order chi connectivity index (χ1) is 39.4. The first-order valence-electron chi connectivity index (χ1n) is 34.9. The molecule has 1 N–H and O–H groups in total. The molecule has 0 aliphatic carbocycles. The van der Waals surface area contributed by atoms with Gasteiger partial charge in [-0.3, -0.25) is 14.2 Å². The van der Waals surface area contributed by atoms with Gasteiger partial charge >= 0.3 is 5.97 Å². The molecule has 0 aliphatic heterocycles. The molecule has 0 saturated heterocycles. The van der Waals surface area contributed by atoms with Crippen molar-refractivity contribution in [1.82, 2.24) is 5.32 Å². The largest absolute Gasteiger partial charge is 0.756 e. The van der Waals surface area contributed by atoms with Gasteiger partial charge < -0.3 is 28.5 Å². The zero-order valence-corrected chi connectivity index (χ0v) is 55.4. The van der Waals surface area contributed by atoms with E-state index in [4.69, 9.17) is 13.8 Å². The molecule has 0 bridgehead atoms. The predicted octanol–water partition coefficient (Wildman–Crippen LogP) is 21.4. The van der Waals surface area contributed by atoms with Crippen LogP contribution in [0.5, 0.6) is 0 Å². The Hall–Kier alpha value is -2.03. The van der Waals surface area contributed by atoms with Crippen LogP contribution in [0.15, 0.2) is 48.6 Å².